The number of hydrogen-bond donors (Lipinski definition) is 3. The fourth-order valence-corrected chi connectivity index (χ4v) is 3.90. The maximum absolute atomic E-state index is 12.8. The topological polar surface area (TPSA) is 64.6 Å². The fourth-order valence-electron chi connectivity index (χ4n) is 3.70. The maximum Gasteiger partial charge on any atom is 0.269 e. The number of benzene rings is 1. The molecule has 1 saturated carbocycles. The summed E-state index contributed by atoms with van der Waals surface area (Å²) >= 11 is 6.14. The predicted molar refractivity (Wildman–Crippen MR) is 101 cm³/mol. The molecule has 3 aliphatic rings. The van der Waals surface area contributed by atoms with Crippen molar-refractivity contribution in [2.24, 2.45) is 5.41 Å². The van der Waals surface area contributed by atoms with E-state index in [1.54, 1.807) is 0 Å². The van der Waals surface area contributed by atoms with Crippen molar-refractivity contribution in [3.63, 3.8) is 0 Å². The highest BCUT2D eigenvalue weighted by atomic mass is 35.5. The first-order chi connectivity index (χ1) is 12.6. The molecule has 1 aliphatic carbocycles. The molecule has 2 heterocycles. The van der Waals surface area contributed by atoms with Crippen LogP contribution in [0.1, 0.15) is 31.0 Å². The van der Waals surface area contributed by atoms with Crippen LogP contribution in [-0.2, 0) is 4.79 Å². The molecule has 2 aliphatic heterocycles. The molecule has 136 valence electrons. The minimum absolute atomic E-state index is 0.118. The Morgan fingerprint density at radius 1 is 1.38 bits per heavy atom. The van der Waals surface area contributed by atoms with E-state index in [-0.39, 0.29) is 24.1 Å². The molecule has 5 nitrogen and oxygen atoms in total. The van der Waals surface area contributed by atoms with Crippen LogP contribution in [0.25, 0.3) is 0 Å². The first-order valence-corrected chi connectivity index (χ1v) is 9.28. The van der Waals surface area contributed by atoms with Crippen molar-refractivity contribution in [2.45, 2.75) is 25.4 Å². The minimum Gasteiger partial charge on any atom is -0.396 e. The molecule has 0 spiro atoms. The number of hydrogen-bond acceptors (Lipinski definition) is 4. The van der Waals surface area contributed by atoms with Gasteiger partial charge in [-0.3, -0.25) is 4.79 Å². The van der Waals surface area contributed by atoms with Gasteiger partial charge in [-0.1, -0.05) is 36.2 Å². The first-order valence-electron chi connectivity index (χ1n) is 8.90. The largest absolute Gasteiger partial charge is 0.396 e. The summed E-state index contributed by atoms with van der Waals surface area (Å²) in [6.45, 7) is 0.620. The number of fused-ring (bicyclic) bond motifs is 1. The van der Waals surface area contributed by atoms with Gasteiger partial charge in [-0.25, -0.2) is 0 Å². The number of nitrogens with one attached hydrogen (secondary N) is 2. The summed E-state index contributed by atoms with van der Waals surface area (Å²) in [6, 6.07) is 7.63. The molecule has 1 aromatic carbocycles. The Labute approximate surface area is 158 Å². The molecular weight excluding hydrogens is 350 g/mol. The summed E-state index contributed by atoms with van der Waals surface area (Å²) in [5.74, 6) is -0.144. The lowest BCUT2D eigenvalue weighted by atomic mass is 9.69. The van der Waals surface area contributed by atoms with Crippen molar-refractivity contribution >= 4 is 17.5 Å². The molecule has 1 amide bonds. The highest BCUT2D eigenvalue weighted by Gasteiger charge is 2.38. The van der Waals surface area contributed by atoms with E-state index in [9.17, 15) is 9.90 Å². The molecule has 1 aromatic rings. The van der Waals surface area contributed by atoms with Crippen LogP contribution < -0.4 is 10.6 Å². The van der Waals surface area contributed by atoms with Crippen molar-refractivity contribution in [2.75, 3.05) is 13.2 Å². The highest BCUT2D eigenvalue weighted by molar-refractivity contribution is 6.30. The molecule has 3 N–H and O–H groups in total. The van der Waals surface area contributed by atoms with Gasteiger partial charge in [0.15, 0.2) is 0 Å². The summed E-state index contributed by atoms with van der Waals surface area (Å²) < 4.78 is 0. The van der Waals surface area contributed by atoms with Crippen molar-refractivity contribution in [3.8, 4) is 0 Å². The second kappa shape index (κ2) is 6.82. The van der Waals surface area contributed by atoms with E-state index in [2.05, 4.69) is 10.6 Å². The van der Waals surface area contributed by atoms with Crippen molar-refractivity contribution in [1.29, 1.82) is 0 Å². The smallest absolute Gasteiger partial charge is 0.269 e. The second-order valence-electron chi connectivity index (χ2n) is 7.16. The molecule has 0 radical (unpaired) electrons. The number of amides is 1. The molecular formula is C20H22ClN3O2. The SMILES string of the molecule is O=C(NCC1(CO)CCC1)C1=C2C=CC=CN2C(c2cccc(Cl)c2)N1. The Hall–Kier alpha value is -2.24. The van der Waals surface area contributed by atoms with E-state index in [4.69, 9.17) is 11.6 Å². The van der Waals surface area contributed by atoms with Gasteiger partial charge >= 0.3 is 0 Å². The number of carbonyl (C=O) groups excluding carboxylic acids is 1. The summed E-state index contributed by atoms with van der Waals surface area (Å²) in [5.41, 5.74) is 2.22. The van der Waals surface area contributed by atoms with Gasteiger partial charge in [-0.15, -0.1) is 0 Å². The summed E-state index contributed by atoms with van der Waals surface area (Å²) in [6.07, 6.45) is 10.6. The number of aliphatic hydroxyl groups excluding tert-OH is 1. The quantitative estimate of drug-likeness (QED) is 0.744. The van der Waals surface area contributed by atoms with Gasteiger partial charge in [-0.05, 0) is 42.7 Å². The molecule has 26 heavy (non-hydrogen) atoms. The number of aliphatic hydroxyl groups is 1. The summed E-state index contributed by atoms with van der Waals surface area (Å²) in [4.78, 5) is 14.9. The average molecular weight is 372 g/mol. The van der Waals surface area contributed by atoms with E-state index in [0.717, 1.165) is 30.5 Å². The Morgan fingerprint density at radius 2 is 2.23 bits per heavy atom. The second-order valence-corrected chi connectivity index (χ2v) is 7.60. The minimum atomic E-state index is -0.179. The lowest BCUT2D eigenvalue weighted by Crippen LogP contribution is -2.45. The lowest BCUT2D eigenvalue weighted by Gasteiger charge is -2.40. The third kappa shape index (κ3) is 3.02. The van der Waals surface area contributed by atoms with Gasteiger partial charge in [0.1, 0.15) is 11.9 Å². The van der Waals surface area contributed by atoms with Crippen LogP contribution in [0, 0.1) is 5.41 Å². The van der Waals surface area contributed by atoms with Gasteiger partial charge in [0.05, 0.1) is 12.3 Å². The van der Waals surface area contributed by atoms with E-state index >= 15 is 0 Å². The molecule has 0 bridgehead atoms. The van der Waals surface area contributed by atoms with Crippen molar-refractivity contribution in [3.05, 3.63) is 70.7 Å². The van der Waals surface area contributed by atoms with E-state index in [1.165, 1.54) is 0 Å². The standard InChI is InChI=1S/C20H22ClN3O2/c21-15-6-3-5-14(11-15)18-23-17(16-7-1-2-10-24(16)18)19(26)22-12-20(13-25)8-4-9-20/h1-3,5-7,10-11,18,23,25H,4,8-9,12-13H2,(H,22,26). The van der Waals surface area contributed by atoms with Gasteiger partial charge in [0, 0.05) is 23.2 Å². The molecule has 0 saturated heterocycles. The Bertz CT molecular complexity index is 806. The van der Waals surface area contributed by atoms with Crippen LogP contribution in [0.3, 0.4) is 0 Å². The van der Waals surface area contributed by atoms with Crippen LogP contribution in [0.5, 0.6) is 0 Å². The zero-order valence-corrected chi connectivity index (χ0v) is 15.2. The van der Waals surface area contributed by atoms with Crippen LogP contribution in [-0.4, -0.2) is 29.1 Å². The summed E-state index contributed by atoms with van der Waals surface area (Å²) in [7, 11) is 0. The predicted octanol–water partition coefficient (Wildman–Crippen LogP) is 2.82. The number of nitrogens with zero attached hydrogens (tertiary/aromatic N) is 1. The van der Waals surface area contributed by atoms with Gasteiger partial charge in [-0.2, -0.15) is 0 Å². The van der Waals surface area contributed by atoms with Gasteiger partial charge < -0.3 is 20.6 Å². The van der Waals surface area contributed by atoms with Crippen LogP contribution >= 0.6 is 11.6 Å². The van der Waals surface area contributed by atoms with Crippen molar-refractivity contribution in [1.82, 2.24) is 15.5 Å². The highest BCUT2D eigenvalue weighted by Crippen LogP contribution is 2.40. The van der Waals surface area contributed by atoms with Crippen LogP contribution in [0.4, 0.5) is 0 Å². The Morgan fingerprint density at radius 3 is 2.92 bits per heavy atom. The van der Waals surface area contributed by atoms with Gasteiger partial charge in [0.25, 0.3) is 5.91 Å². The van der Waals surface area contributed by atoms with E-state index < -0.39 is 0 Å². The number of allylic oxidation sites excluding steroid dienone is 3. The van der Waals surface area contributed by atoms with Crippen LogP contribution in [0.2, 0.25) is 5.02 Å². The molecule has 1 unspecified atom stereocenters. The Kier molecular flexibility index (Phi) is 4.51. The van der Waals surface area contributed by atoms with Gasteiger partial charge in [0.2, 0.25) is 0 Å². The zero-order chi connectivity index (χ0) is 18.1. The number of halogens is 1. The first kappa shape index (κ1) is 17.2. The van der Waals surface area contributed by atoms with E-state index in [1.807, 2.05) is 53.6 Å². The third-order valence-electron chi connectivity index (χ3n) is 5.47. The summed E-state index contributed by atoms with van der Waals surface area (Å²) in [5, 5.41) is 16.6. The van der Waals surface area contributed by atoms with Crippen molar-refractivity contribution < 1.29 is 9.90 Å². The number of rotatable bonds is 5. The normalized spacial score (nSPS) is 22.7. The van der Waals surface area contributed by atoms with Crippen LogP contribution in [0.15, 0.2) is 60.1 Å². The molecule has 4 rings (SSSR count). The molecule has 1 atom stereocenters. The number of carbonyl (C=O) groups is 1. The lowest BCUT2D eigenvalue weighted by molar-refractivity contribution is -0.119. The zero-order valence-electron chi connectivity index (χ0n) is 14.4. The fraction of sp³-hybridized carbons (Fsp3) is 0.350. The molecule has 1 fully saturated rings. The average Bonchev–Trinajstić information content (AvgIpc) is 3.01. The molecule has 0 aromatic heterocycles. The maximum atomic E-state index is 12.8. The Balaban J connectivity index is 1.54. The third-order valence-corrected chi connectivity index (χ3v) is 5.71. The monoisotopic (exact) mass is 371 g/mol. The molecule has 6 heteroatoms. The van der Waals surface area contributed by atoms with E-state index in [0.29, 0.717) is 17.3 Å².